The van der Waals surface area contributed by atoms with Crippen LogP contribution in [0.5, 0.6) is 5.75 Å². The molecule has 2 rings (SSSR count). The van der Waals surface area contributed by atoms with Crippen LogP contribution in [0.15, 0.2) is 58.4 Å². The van der Waals surface area contributed by atoms with Crippen molar-refractivity contribution in [2.24, 2.45) is 10.1 Å². The Morgan fingerprint density at radius 3 is 2.31 bits per heavy atom. The molecule has 29 heavy (non-hydrogen) atoms. The fourth-order valence-electron chi connectivity index (χ4n) is 2.80. The van der Waals surface area contributed by atoms with Gasteiger partial charge in [0.2, 0.25) is 10.0 Å². The summed E-state index contributed by atoms with van der Waals surface area (Å²) in [5.41, 5.74) is 2.17. The van der Waals surface area contributed by atoms with E-state index in [0.717, 1.165) is 36.8 Å². The Balaban J connectivity index is 1.89. The van der Waals surface area contributed by atoms with Gasteiger partial charge in [0.25, 0.3) is 0 Å². The van der Waals surface area contributed by atoms with Crippen molar-refractivity contribution in [1.82, 2.24) is 10.6 Å². The second kappa shape index (κ2) is 10.8. The number of aliphatic imine (C=N–C) groups is 1. The third kappa shape index (κ3) is 7.40. The van der Waals surface area contributed by atoms with Crippen molar-refractivity contribution in [3.63, 3.8) is 0 Å². The van der Waals surface area contributed by atoms with Crippen LogP contribution in [0.4, 0.5) is 0 Å². The van der Waals surface area contributed by atoms with E-state index in [9.17, 15) is 8.42 Å². The standard InChI is InChI=1S/C21H30N4O3S/c1-4-23-21(25-15-17-5-11-20(12-6-17)29(22,26)27)24-14-13-16(2)18-7-9-19(28-3)10-8-18/h5-12,16H,4,13-15H2,1-3H3,(H2,22,26,27)(H2,23,24,25). The monoisotopic (exact) mass is 418 g/mol. The first-order valence-electron chi connectivity index (χ1n) is 9.61. The number of ether oxygens (including phenoxy) is 1. The Hall–Kier alpha value is -2.58. The molecule has 0 aliphatic rings. The fourth-order valence-corrected chi connectivity index (χ4v) is 3.32. The third-order valence-corrected chi connectivity index (χ3v) is 5.50. The van der Waals surface area contributed by atoms with Crippen LogP contribution < -0.4 is 20.5 Å². The van der Waals surface area contributed by atoms with Crippen LogP contribution in [0.25, 0.3) is 0 Å². The minimum absolute atomic E-state index is 0.0998. The average Bonchev–Trinajstić information content (AvgIpc) is 2.71. The van der Waals surface area contributed by atoms with E-state index in [2.05, 4.69) is 34.7 Å². The number of hydrogen-bond donors (Lipinski definition) is 3. The van der Waals surface area contributed by atoms with Crippen LogP contribution in [0.1, 0.15) is 37.3 Å². The van der Waals surface area contributed by atoms with Crippen LogP contribution in [-0.2, 0) is 16.6 Å². The zero-order valence-corrected chi connectivity index (χ0v) is 18.0. The van der Waals surface area contributed by atoms with Gasteiger partial charge in [-0.3, -0.25) is 0 Å². The molecule has 4 N–H and O–H groups in total. The van der Waals surface area contributed by atoms with Gasteiger partial charge in [-0.05, 0) is 54.7 Å². The van der Waals surface area contributed by atoms with Crippen molar-refractivity contribution < 1.29 is 13.2 Å². The molecule has 0 spiro atoms. The predicted molar refractivity (Wildman–Crippen MR) is 117 cm³/mol. The Bertz CT molecular complexity index is 895. The topological polar surface area (TPSA) is 106 Å². The summed E-state index contributed by atoms with van der Waals surface area (Å²) in [5, 5.41) is 11.7. The summed E-state index contributed by atoms with van der Waals surface area (Å²) >= 11 is 0. The molecule has 0 aliphatic carbocycles. The maximum Gasteiger partial charge on any atom is 0.238 e. The number of primary sulfonamides is 1. The molecule has 8 heteroatoms. The van der Waals surface area contributed by atoms with Crippen molar-refractivity contribution in [3.8, 4) is 5.75 Å². The van der Waals surface area contributed by atoms with Gasteiger partial charge in [-0.2, -0.15) is 0 Å². The lowest BCUT2D eigenvalue weighted by Gasteiger charge is -2.15. The molecule has 2 aromatic carbocycles. The summed E-state index contributed by atoms with van der Waals surface area (Å²) in [4.78, 5) is 4.66. The number of rotatable bonds is 9. The van der Waals surface area contributed by atoms with Gasteiger partial charge in [-0.15, -0.1) is 0 Å². The molecule has 158 valence electrons. The lowest BCUT2D eigenvalue weighted by Crippen LogP contribution is -2.38. The van der Waals surface area contributed by atoms with Gasteiger partial charge < -0.3 is 15.4 Å². The van der Waals surface area contributed by atoms with Gasteiger partial charge in [-0.1, -0.05) is 31.2 Å². The second-order valence-corrected chi connectivity index (χ2v) is 8.34. The number of nitrogens with one attached hydrogen (secondary N) is 2. The van der Waals surface area contributed by atoms with E-state index in [-0.39, 0.29) is 4.90 Å². The molecule has 0 bridgehead atoms. The van der Waals surface area contributed by atoms with Gasteiger partial charge in [0, 0.05) is 13.1 Å². The number of hydrogen-bond acceptors (Lipinski definition) is 4. The first-order chi connectivity index (χ1) is 13.8. The van der Waals surface area contributed by atoms with Gasteiger partial charge in [0.15, 0.2) is 5.96 Å². The lowest BCUT2D eigenvalue weighted by atomic mass is 9.98. The zero-order valence-electron chi connectivity index (χ0n) is 17.2. The van der Waals surface area contributed by atoms with Gasteiger partial charge in [0.1, 0.15) is 5.75 Å². The minimum Gasteiger partial charge on any atom is -0.497 e. The number of methoxy groups -OCH3 is 1. The fraction of sp³-hybridized carbons (Fsp3) is 0.381. The molecule has 0 fully saturated rings. The zero-order chi connectivity index (χ0) is 21.3. The predicted octanol–water partition coefficient (Wildman–Crippen LogP) is 2.59. The number of nitrogens with two attached hydrogens (primary N) is 1. The minimum atomic E-state index is -3.67. The second-order valence-electron chi connectivity index (χ2n) is 6.77. The van der Waals surface area contributed by atoms with Gasteiger partial charge in [-0.25, -0.2) is 18.5 Å². The first kappa shape index (κ1) is 22.7. The van der Waals surface area contributed by atoms with E-state index in [4.69, 9.17) is 9.88 Å². The van der Waals surface area contributed by atoms with E-state index in [1.165, 1.54) is 17.7 Å². The number of sulfonamides is 1. The smallest absolute Gasteiger partial charge is 0.238 e. The average molecular weight is 419 g/mol. The maximum atomic E-state index is 11.3. The van der Waals surface area contributed by atoms with Crippen molar-refractivity contribution in [2.75, 3.05) is 20.2 Å². The molecule has 2 aromatic rings. The third-order valence-electron chi connectivity index (χ3n) is 4.57. The molecule has 7 nitrogen and oxygen atoms in total. The Morgan fingerprint density at radius 2 is 1.76 bits per heavy atom. The Kier molecular flexibility index (Phi) is 8.48. The largest absolute Gasteiger partial charge is 0.497 e. The summed E-state index contributed by atoms with van der Waals surface area (Å²) in [5.74, 6) is 1.99. The van der Waals surface area contributed by atoms with E-state index in [1.807, 2.05) is 19.1 Å². The highest BCUT2D eigenvalue weighted by atomic mass is 32.2. The molecule has 0 heterocycles. The van der Waals surface area contributed by atoms with Crippen LogP contribution in [0.2, 0.25) is 0 Å². The SMILES string of the molecule is CCNC(=NCc1ccc(S(N)(=O)=O)cc1)NCCC(C)c1ccc(OC)cc1. The molecule has 0 saturated carbocycles. The molecular weight excluding hydrogens is 388 g/mol. The molecule has 0 amide bonds. The first-order valence-corrected chi connectivity index (χ1v) is 11.2. The van der Waals surface area contributed by atoms with Gasteiger partial charge >= 0.3 is 0 Å². The lowest BCUT2D eigenvalue weighted by molar-refractivity contribution is 0.414. The normalized spacial score (nSPS) is 13.0. The Labute approximate surface area is 173 Å². The van der Waals surface area contributed by atoms with E-state index < -0.39 is 10.0 Å². The van der Waals surface area contributed by atoms with Crippen LogP contribution in [0.3, 0.4) is 0 Å². The van der Waals surface area contributed by atoms with Gasteiger partial charge in [0.05, 0.1) is 18.6 Å². The number of guanidine groups is 1. The number of nitrogens with zero attached hydrogens (tertiary/aromatic N) is 1. The molecule has 0 saturated heterocycles. The van der Waals surface area contributed by atoms with Crippen LogP contribution >= 0.6 is 0 Å². The highest BCUT2D eigenvalue weighted by Gasteiger charge is 2.08. The summed E-state index contributed by atoms with van der Waals surface area (Å²) in [6.45, 7) is 6.18. The quantitative estimate of drug-likeness (QED) is 0.429. The van der Waals surface area contributed by atoms with Crippen molar-refractivity contribution in [1.29, 1.82) is 0 Å². The summed E-state index contributed by atoms with van der Waals surface area (Å²) in [6, 6.07) is 14.6. The molecule has 0 radical (unpaired) electrons. The summed E-state index contributed by atoms with van der Waals surface area (Å²) < 4.78 is 27.9. The molecular formula is C21H30N4O3S. The highest BCUT2D eigenvalue weighted by Crippen LogP contribution is 2.21. The van der Waals surface area contributed by atoms with Crippen molar-refractivity contribution in [2.45, 2.75) is 37.6 Å². The highest BCUT2D eigenvalue weighted by molar-refractivity contribution is 7.89. The maximum absolute atomic E-state index is 11.3. The number of benzene rings is 2. The Morgan fingerprint density at radius 1 is 1.10 bits per heavy atom. The van der Waals surface area contributed by atoms with Crippen molar-refractivity contribution in [3.05, 3.63) is 59.7 Å². The molecule has 0 aromatic heterocycles. The van der Waals surface area contributed by atoms with Crippen LogP contribution in [-0.4, -0.2) is 34.6 Å². The summed E-state index contributed by atoms with van der Waals surface area (Å²) in [7, 11) is -2.01. The summed E-state index contributed by atoms with van der Waals surface area (Å²) in [6.07, 6.45) is 0.958. The van der Waals surface area contributed by atoms with E-state index >= 15 is 0 Å². The molecule has 1 atom stereocenters. The molecule has 0 aliphatic heterocycles. The van der Waals surface area contributed by atoms with Crippen LogP contribution in [0, 0.1) is 0 Å². The molecule has 1 unspecified atom stereocenters. The van der Waals surface area contributed by atoms with E-state index in [1.54, 1.807) is 19.2 Å². The van der Waals surface area contributed by atoms with E-state index in [0.29, 0.717) is 12.5 Å². The van der Waals surface area contributed by atoms with Crippen molar-refractivity contribution >= 4 is 16.0 Å².